The van der Waals surface area contributed by atoms with Crippen molar-refractivity contribution in [1.82, 2.24) is 19.1 Å². The maximum absolute atomic E-state index is 12.7. The van der Waals surface area contributed by atoms with Crippen LogP contribution in [0.1, 0.15) is 11.1 Å². The van der Waals surface area contributed by atoms with Gasteiger partial charge < -0.3 is 10.3 Å². The van der Waals surface area contributed by atoms with Gasteiger partial charge in [-0.15, -0.1) is 0 Å². The number of anilines is 1. The molecule has 0 saturated heterocycles. The Morgan fingerprint density at radius 1 is 1.20 bits per heavy atom. The second-order valence-electron chi connectivity index (χ2n) is 5.54. The molecule has 0 amide bonds. The molecule has 10 heteroatoms. The predicted molar refractivity (Wildman–Crippen MR) is 85.3 cm³/mol. The molecule has 0 aliphatic rings. The van der Waals surface area contributed by atoms with Gasteiger partial charge in [-0.1, -0.05) is 12.1 Å². The topological polar surface area (TPSA) is 84.7 Å². The lowest BCUT2D eigenvalue weighted by atomic mass is 10.1. The van der Waals surface area contributed by atoms with E-state index in [9.17, 15) is 22.8 Å². The van der Waals surface area contributed by atoms with Gasteiger partial charge in [-0.25, -0.2) is 4.79 Å². The molecule has 132 valence electrons. The molecule has 2 N–H and O–H groups in total. The standard InChI is InChI=1S/C15H14F3N5O2/c1-22-11-10(12(24)23(2)14(22)25)20-13(21-11)19-7-8-4-3-5-9(6-8)15(16,17)18/h3-6H,7H2,1-2H3,(H2,19,20,21). The first kappa shape index (κ1) is 16.8. The number of benzene rings is 1. The minimum Gasteiger partial charge on any atom is -0.352 e. The number of nitrogens with one attached hydrogen (secondary N) is 2. The molecule has 0 saturated carbocycles. The van der Waals surface area contributed by atoms with E-state index in [2.05, 4.69) is 15.3 Å². The average Bonchev–Trinajstić information content (AvgIpc) is 3.00. The van der Waals surface area contributed by atoms with Crippen molar-refractivity contribution < 1.29 is 13.2 Å². The number of imidazole rings is 1. The van der Waals surface area contributed by atoms with Gasteiger partial charge in [-0.05, 0) is 17.7 Å². The number of aryl methyl sites for hydroxylation is 1. The van der Waals surface area contributed by atoms with Gasteiger partial charge in [-0.2, -0.15) is 18.2 Å². The van der Waals surface area contributed by atoms with Crippen molar-refractivity contribution in [3.05, 3.63) is 56.2 Å². The maximum Gasteiger partial charge on any atom is 0.416 e. The lowest BCUT2D eigenvalue weighted by molar-refractivity contribution is -0.137. The molecule has 0 bridgehead atoms. The molecular weight excluding hydrogens is 339 g/mol. The number of aromatic nitrogens is 4. The molecule has 25 heavy (non-hydrogen) atoms. The third kappa shape index (κ3) is 3.02. The van der Waals surface area contributed by atoms with E-state index >= 15 is 0 Å². The van der Waals surface area contributed by atoms with E-state index < -0.39 is 23.0 Å². The molecule has 0 atom stereocenters. The smallest absolute Gasteiger partial charge is 0.352 e. The molecule has 7 nitrogen and oxygen atoms in total. The monoisotopic (exact) mass is 353 g/mol. The third-order valence-electron chi connectivity index (χ3n) is 3.81. The van der Waals surface area contributed by atoms with E-state index in [1.807, 2.05) is 0 Å². The van der Waals surface area contributed by atoms with E-state index in [0.717, 1.165) is 16.7 Å². The first-order chi connectivity index (χ1) is 11.7. The molecule has 2 aromatic heterocycles. The summed E-state index contributed by atoms with van der Waals surface area (Å²) in [5.74, 6) is 0.186. The zero-order valence-electron chi connectivity index (χ0n) is 13.3. The lowest BCUT2D eigenvalue weighted by Gasteiger charge is -2.09. The van der Waals surface area contributed by atoms with Crippen molar-refractivity contribution in [2.45, 2.75) is 12.7 Å². The Hall–Kier alpha value is -3.04. The van der Waals surface area contributed by atoms with Crippen LogP contribution < -0.4 is 16.6 Å². The van der Waals surface area contributed by atoms with E-state index in [0.29, 0.717) is 5.56 Å². The van der Waals surface area contributed by atoms with Crippen molar-refractivity contribution in [2.75, 3.05) is 5.32 Å². The first-order valence-electron chi connectivity index (χ1n) is 7.24. The summed E-state index contributed by atoms with van der Waals surface area (Å²) in [6.45, 7) is 0.0675. The highest BCUT2D eigenvalue weighted by Crippen LogP contribution is 2.29. The Morgan fingerprint density at radius 3 is 2.60 bits per heavy atom. The Kier molecular flexibility index (Phi) is 3.90. The summed E-state index contributed by atoms with van der Waals surface area (Å²) in [6.07, 6.45) is -4.42. The quantitative estimate of drug-likeness (QED) is 0.749. The summed E-state index contributed by atoms with van der Waals surface area (Å²) in [4.78, 5) is 30.8. The second-order valence-corrected chi connectivity index (χ2v) is 5.54. The summed E-state index contributed by atoms with van der Waals surface area (Å²) in [5.41, 5.74) is -1.09. The van der Waals surface area contributed by atoms with Crippen LogP contribution in [-0.4, -0.2) is 19.1 Å². The molecule has 0 radical (unpaired) electrons. The second kappa shape index (κ2) is 5.80. The molecule has 0 unspecified atom stereocenters. The van der Waals surface area contributed by atoms with E-state index in [4.69, 9.17) is 0 Å². The number of hydrogen-bond donors (Lipinski definition) is 2. The van der Waals surface area contributed by atoms with Gasteiger partial charge in [0.05, 0.1) is 5.56 Å². The summed E-state index contributed by atoms with van der Waals surface area (Å²) < 4.78 is 40.3. The van der Waals surface area contributed by atoms with Crippen molar-refractivity contribution in [2.24, 2.45) is 14.1 Å². The number of rotatable bonds is 3. The van der Waals surface area contributed by atoms with Crippen LogP contribution in [0.15, 0.2) is 33.9 Å². The molecule has 0 aliphatic carbocycles. The number of nitrogens with zero attached hydrogens (tertiary/aromatic N) is 3. The zero-order chi connectivity index (χ0) is 18.4. The normalized spacial score (nSPS) is 11.9. The van der Waals surface area contributed by atoms with Crippen molar-refractivity contribution in [3.8, 4) is 0 Å². The van der Waals surface area contributed by atoms with Crippen LogP contribution in [0.2, 0.25) is 0 Å². The van der Waals surface area contributed by atoms with Gasteiger partial charge in [0.1, 0.15) is 0 Å². The molecular formula is C15H14F3N5O2. The van der Waals surface area contributed by atoms with Gasteiger partial charge in [0.2, 0.25) is 5.95 Å². The molecule has 1 aromatic carbocycles. The Bertz CT molecular complexity index is 1060. The summed E-state index contributed by atoms with van der Waals surface area (Å²) in [7, 11) is 2.82. The molecule has 0 fully saturated rings. The zero-order valence-corrected chi connectivity index (χ0v) is 13.3. The highest BCUT2D eigenvalue weighted by Gasteiger charge is 2.30. The summed E-state index contributed by atoms with van der Waals surface area (Å²) in [6, 6.07) is 4.88. The maximum atomic E-state index is 12.7. The van der Waals surface area contributed by atoms with Gasteiger partial charge in [0.25, 0.3) is 5.56 Å². The van der Waals surface area contributed by atoms with Gasteiger partial charge >= 0.3 is 11.9 Å². The van der Waals surface area contributed by atoms with Crippen molar-refractivity contribution in [3.63, 3.8) is 0 Å². The number of fused-ring (bicyclic) bond motifs is 1. The fourth-order valence-corrected chi connectivity index (χ4v) is 2.45. The van der Waals surface area contributed by atoms with Crippen LogP contribution in [0, 0.1) is 0 Å². The molecule has 3 rings (SSSR count). The highest BCUT2D eigenvalue weighted by molar-refractivity contribution is 5.72. The fraction of sp³-hybridized carbons (Fsp3) is 0.267. The lowest BCUT2D eigenvalue weighted by Crippen LogP contribution is -2.36. The summed E-state index contributed by atoms with van der Waals surface area (Å²) in [5, 5.41) is 2.82. The van der Waals surface area contributed by atoms with Crippen LogP contribution in [0.3, 0.4) is 0 Å². The number of halogens is 3. The van der Waals surface area contributed by atoms with E-state index in [-0.39, 0.29) is 23.7 Å². The molecule has 2 heterocycles. The number of alkyl halides is 3. The van der Waals surface area contributed by atoms with Crippen LogP contribution in [-0.2, 0) is 26.8 Å². The van der Waals surface area contributed by atoms with Gasteiger partial charge in [0.15, 0.2) is 11.2 Å². The number of aromatic amines is 1. The summed E-state index contributed by atoms with van der Waals surface area (Å²) >= 11 is 0. The van der Waals surface area contributed by atoms with E-state index in [1.165, 1.54) is 24.7 Å². The van der Waals surface area contributed by atoms with E-state index in [1.54, 1.807) is 6.07 Å². The van der Waals surface area contributed by atoms with Gasteiger partial charge in [-0.3, -0.25) is 13.9 Å². The number of H-pyrrole nitrogens is 1. The third-order valence-corrected chi connectivity index (χ3v) is 3.81. The first-order valence-corrected chi connectivity index (χ1v) is 7.24. The van der Waals surface area contributed by atoms with Crippen molar-refractivity contribution in [1.29, 1.82) is 0 Å². The average molecular weight is 353 g/mol. The predicted octanol–water partition coefficient (Wildman–Crippen LogP) is 1.59. The van der Waals surface area contributed by atoms with Crippen LogP contribution >= 0.6 is 0 Å². The van der Waals surface area contributed by atoms with Crippen LogP contribution in [0.5, 0.6) is 0 Å². The largest absolute Gasteiger partial charge is 0.416 e. The molecule has 0 aliphatic heterocycles. The minimum atomic E-state index is -4.42. The highest BCUT2D eigenvalue weighted by atomic mass is 19.4. The van der Waals surface area contributed by atoms with Crippen molar-refractivity contribution >= 4 is 17.1 Å². The molecule has 3 aromatic rings. The Labute approximate surface area is 138 Å². The van der Waals surface area contributed by atoms with Crippen LogP contribution in [0.25, 0.3) is 11.2 Å². The van der Waals surface area contributed by atoms with Crippen LogP contribution in [0.4, 0.5) is 19.1 Å². The van der Waals surface area contributed by atoms with Gasteiger partial charge in [0, 0.05) is 20.6 Å². The number of hydrogen-bond acceptors (Lipinski definition) is 4. The fourth-order valence-electron chi connectivity index (χ4n) is 2.45. The Balaban J connectivity index is 1.90. The minimum absolute atomic E-state index is 0.0675. The molecule has 0 spiro atoms. The Morgan fingerprint density at radius 2 is 1.92 bits per heavy atom. The SMILES string of the molecule is Cn1c(=O)c2[nH]c(NCc3cccc(C(F)(F)F)c3)nc2n(C)c1=O.